The third kappa shape index (κ3) is 4.88. The van der Waals surface area contributed by atoms with E-state index in [9.17, 15) is 19.2 Å². The molecule has 144 valence electrons. The lowest BCUT2D eigenvalue weighted by Crippen LogP contribution is -2.40. The number of carbonyl (C=O) groups is 4. The molecule has 3 rings (SSSR count). The summed E-state index contributed by atoms with van der Waals surface area (Å²) in [6.45, 7) is 1.40. The lowest BCUT2D eigenvalue weighted by atomic mass is 9.93. The number of piperidine rings is 1. The summed E-state index contributed by atoms with van der Waals surface area (Å²) in [7, 11) is 0. The second-order valence-corrected chi connectivity index (χ2v) is 7.85. The fraction of sp³-hybridized carbons (Fsp3) is 0.474. The van der Waals surface area contributed by atoms with Gasteiger partial charge >= 0.3 is 5.97 Å². The van der Waals surface area contributed by atoms with E-state index in [0.29, 0.717) is 25.1 Å². The van der Waals surface area contributed by atoms with E-state index in [2.05, 4.69) is 0 Å². The minimum Gasteiger partial charge on any atom is -0.481 e. The maximum Gasteiger partial charge on any atom is 0.303 e. The van der Waals surface area contributed by atoms with Crippen molar-refractivity contribution in [1.29, 1.82) is 0 Å². The summed E-state index contributed by atoms with van der Waals surface area (Å²) in [6.07, 6.45) is 2.51. The van der Waals surface area contributed by atoms with Gasteiger partial charge in [-0.15, -0.1) is 0 Å². The van der Waals surface area contributed by atoms with E-state index in [-0.39, 0.29) is 41.7 Å². The maximum absolute atomic E-state index is 12.9. The Labute approximate surface area is 161 Å². The Morgan fingerprint density at radius 1 is 1.26 bits per heavy atom. The molecule has 27 heavy (non-hydrogen) atoms. The van der Waals surface area contributed by atoms with Crippen LogP contribution in [0.15, 0.2) is 24.3 Å². The number of rotatable bonds is 6. The molecule has 2 aliphatic heterocycles. The molecular formula is C19H22N2O5S. The first kappa shape index (κ1) is 19.4. The second-order valence-electron chi connectivity index (χ2n) is 6.93. The molecule has 1 unspecified atom stereocenters. The number of aliphatic carboxylic acids is 1. The Morgan fingerprint density at radius 2 is 2.07 bits per heavy atom. The Bertz CT molecular complexity index is 750. The van der Waals surface area contributed by atoms with Crippen molar-refractivity contribution < 1.29 is 24.3 Å². The van der Waals surface area contributed by atoms with Crippen molar-refractivity contribution >= 4 is 34.8 Å². The van der Waals surface area contributed by atoms with Crippen molar-refractivity contribution in [3.05, 3.63) is 35.4 Å². The van der Waals surface area contributed by atoms with Crippen LogP contribution in [0.25, 0.3) is 0 Å². The zero-order valence-corrected chi connectivity index (χ0v) is 15.7. The van der Waals surface area contributed by atoms with Crippen LogP contribution in [0.2, 0.25) is 0 Å². The van der Waals surface area contributed by atoms with Gasteiger partial charge < -0.3 is 10.0 Å². The summed E-state index contributed by atoms with van der Waals surface area (Å²) in [4.78, 5) is 50.1. The zero-order valence-electron chi connectivity index (χ0n) is 14.9. The molecule has 0 saturated carbocycles. The molecule has 2 fully saturated rings. The van der Waals surface area contributed by atoms with Crippen LogP contribution < -0.4 is 0 Å². The maximum atomic E-state index is 12.9. The monoisotopic (exact) mass is 390 g/mol. The van der Waals surface area contributed by atoms with E-state index in [4.69, 9.17) is 5.11 Å². The van der Waals surface area contributed by atoms with Crippen molar-refractivity contribution in [1.82, 2.24) is 9.80 Å². The summed E-state index contributed by atoms with van der Waals surface area (Å²) in [5.41, 5.74) is 1.27. The van der Waals surface area contributed by atoms with Gasteiger partial charge in [0.05, 0.1) is 12.3 Å². The molecule has 8 heteroatoms. The topological polar surface area (TPSA) is 95.0 Å². The Morgan fingerprint density at radius 3 is 2.78 bits per heavy atom. The summed E-state index contributed by atoms with van der Waals surface area (Å²) in [5.74, 6) is -0.735. The number of nitrogens with zero attached hydrogens (tertiary/aromatic N) is 2. The van der Waals surface area contributed by atoms with E-state index < -0.39 is 5.97 Å². The van der Waals surface area contributed by atoms with Crippen LogP contribution in [0, 0.1) is 5.92 Å². The minimum atomic E-state index is -0.810. The SMILES string of the molecule is O=C(O)CCC1CCCN(C(=O)c2cccc(CN3C(=O)CSC3=O)c2)C1. The predicted octanol–water partition coefficient (Wildman–Crippen LogP) is 2.60. The number of carbonyl (C=O) groups excluding carboxylic acids is 3. The van der Waals surface area contributed by atoms with Gasteiger partial charge in [0.25, 0.3) is 11.1 Å². The number of hydrogen-bond donors (Lipinski definition) is 1. The molecule has 0 bridgehead atoms. The van der Waals surface area contributed by atoms with Crippen molar-refractivity contribution in [3.8, 4) is 0 Å². The molecule has 2 heterocycles. The Kier molecular flexibility index (Phi) is 6.15. The molecule has 0 aromatic heterocycles. The molecule has 0 radical (unpaired) electrons. The molecule has 2 aliphatic rings. The predicted molar refractivity (Wildman–Crippen MR) is 100 cm³/mol. The molecule has 3 amide bonds. The first-order chi connectivity index (χ1) is 12.9. The fourth-order valence-corrected chi connectivity index (χ4v) is 4.24. The van der Waals surface area contributed by atoms with Gasteiger partial charge in [0.15, 0.2) is 0 Å². The Hall–Kier alpha value is -2.35. The standard InChI is InChI=1S/C19H22N2O5S/c22-16-12-27-19(26)21(16)11-14-3-1-5-15(9-14)18(25)20-8-2-4-13(10-20)6-7-17(23)24/h1,3,5,9,13H,2,4,6-8,10-12H2,(H,23,24). The summed E-state index contributed by atoms with van der Waals surface area (Å²) in [6, 6.07) is 7.01. The Balaban J connectivity index is 1.65. The third-order valence-corrected chi connectivity index (χ3v) is 5.79. The number of carboxylic acids is 1. The minimum absolute atomic E-state index is 0.0923. The van der Waals surface area contributed by atoms with Crippen LogP contribution in [0.5, 0.6) is 0 Å². The molecular weight excluding hydrogens is 368 g/mol. The molecule has 1 atom stereocenters. The molecule has 0 spiro atoms. The van der Waals surface area contributed by atoms with Gasteiger partial charge in [-0.05, 0) is 42.9 Å². The second kappa shape index (κ2) is 8.56. The molecule has 7 nitrogen and oxygen atoms in total. The van der Waals surface area contributed by atoms with Crippen LogP contribution in [0.1, 0.15) is 41.6 Å². The highest BCUT2D eigenvalue weighted by molar-refractivity contribution is 8.14. The number of amides is 3. The van der Waals surface area contributed by atoms with Crippen molar-refractivity contribution in [3.63, 3.8) is 0 Å². The number of likely N-dealkylation sites (tertiary alicyclic amines) is 1. The number of hydrogen-bond acceptors (Lipinski definition) is 5. The van der Waals surface area contributed by atoms with Crippen molar-refractivity contribution in [2.45, 2.75) is 32.2 Å². The molecule has 1 N–H and O–H groups in total. The van der Waals surface area contributed by atoms with E-state index in [1.54, 1.807) is 29.2 Å². The number of thioether (sulfide) groups is 1. The highest BCUT2D eigenvalue weighted by atomic mass is 32.2. The third-order valence-electron chi connectivity index (χ3n) is 4.93. The highest BCUT2D eigenvalue weighted by Crippen LogP contribution is 2.24. The number of imide groups is 1. The van der Waals surface area contributed by atoms with Crippen LogP contribution in [-0.2, 0) is 16.1 Å². The van der Waals surface area contributed by atoms with E-state index in [1.165, 1.54) is 4.90 Å². The van der Waals surface area contributed by atoms with Crippen LogP contribution >= 0.6 is 11.8 Å². The van der Waals surface area contributed by atoms with Crippen LogP contribution in [0.4, 0.5) is 4.79 Å². The largest absolute Gasteiger partial charge is 0.481 e. The lowest BCUT2D eigenvalue weighted by Gasteiger charge is -2.32. The number of benzene rings is 1. The smallest absolute Gasteiger partial charge is 0.303 e. The first-order valence-corrected chi connectivity index (χ1v) is 9.99. The van der Waals surface area contributed by atoms with E-state index >= 15 is 0 Å². The molecule has 1 aromatic rings. The van der Waals surface area contributed by atoms with E-state index in [0.717, 1.165) is 30.2 Å². The summed E-state index contributed by atoms with van der Waals surface area (Å²) < 4.78 is 0. The van der Waals surface area contributed by atoms with Gasteiger partial charge in [0.1, 0.15) is 0 Å². The summed E-state index contributed by atoms with van der Waals surface area (Å²) >= 11 is 0.993. The number of carboxylic acid groups (broad SMARTS) is 1. The average molecular weight is 390 g/mol. The molecule has 0 aliphatic carbocycles. The normalized spacial score (nSPS) is 20.2. The van der Waals surface area contributed by atoms with Gasteiger partial charge in [0.2, 0.25) is 5.91 Å². The van der Waals surface area contributed by atoms with Crippen LogP contribution in [0.3, 0.4) is 0 Å². The highest BCUT2D eigenvalue weighted by Gasteiger charge is 2.30. The fourth-order valence-electron chi connectivity index (χ4n) is 3.51. The van der Waals surface area contributed by atoms with Gasteiger partial charge in [-0.3, -0.25) is 24.1 Å². The van der Waals surface area contributed by atoms with Gasteiger partial charge in [-0.25, -0.2) is 0 Å². The quantitative estimate of drug-likeness (QED) is 0.802. The van der Waals surface area contributed by atoms with Gasteiger partial charge in [-0.1, -0.05) is 23.9 Å². The van der Waals surface area contributed by atoms with Gasteiger partial charge in [0, 0.05) is 25.1 Å². The summed E-state index contributed by atoms with van der Waals surface area (Å²) in [5, 5.41) is 8.59. The van der Waals surface area contributed by atoms with Gasteiger partial charge in [-0.2, -0.15) is 0 Å². The lowest BCUT2D eigenvalue weighted by molar-refractivity contribution is -0.137. The van der Waals surface area contributed by atoms with Crippen molar-refractivity contribution in [2.75, 3.05) is 18.8 Å². The van der Waals surface area contributed by atoms with Crippen molar-refractivity contribution in [2.24, 2.45) is 5.92 Å². The van der Waals surface area contributed by atoms with Crippen LogP contribution in [-0.4, -0.2) is 56.8 Å². The first-order valence-electron chi connectivity index (χ1n) is 9.01. The average Bonchev–Trinajstić information content (AvgIpc) is 2.98. The zero-order chi connectivity index (χ0) is 19.4. The molecule has 1 aromatic carbocycles. The van der Waals surface area contributed by atoms with E-state index in [1.807, 2.05) is 0 Å². The molecule has 2 saturated heterocycles.